The van der Waals surface area contributed by atoms with E-state index in [1.54, 1.807) is 0 Å². The van der Waals surface area contributed by atoms with E-state index in [0.717, 1.165) is 23.6 Å². The number of hydrogen-bond donors (Lipinski definition) is 1. The molecule has 2 N–H and O–H groups in total. The normalized spacial score (nSPS) is 18.9. The molecule has 148 valence electrons. The number of nitrogens with zero attached hydrogens (tertiary/aromatic N) is 2. The first-order chi connectivity index (χ1) is 13.4. The van der Waals surface area contributed by atoms with E-state index in [4.69, 9.17) is 10.5 Å². The van der Waals surface area contributed by atoms with Crippen molar-refractivity contribution in [1.82, 2.24) is 4.90 Å². The molecule has 0 saturated carbocycles. The van der Waals surface area contributed by atoms with Crippen LogP contribution in [0.2, 0.25) is 0 Å². The standard InChI is InChI=1S/C24H31N3O/c1-6-28-21-13-9-19(10-14-21)24(16-15-23(27(4)5)22(25)17-24)18-7-11-20(12-8-18)26(2)3/h7-16H,6,17,25H2,1-5H3. The van der Waals surface area contributed by atoms with Crippen LogP contribution in [0.5, 0.6) is 5.75 Å². The maximum absolute atomic E-state index is 6.54. The van der Waals surface area contributed by atoms with Gasteiger partial charge in [0.2, 0.25) is 0 Å². The molecule has 0 bridgehead atoms. The van der Waals surface area contributed by atoms with Crippen LogP contribution in [0.15, 0.2) is 72.1 Å². The lowest BCUT2D eigenvalue weighted by Crippen LogP contribution is -2.32. The first-order valence-electron chi connectivity index (χ1n) is 9.74. The minimum atomic E-state index is -0.292. The molecule has 0 saturated heterocycles. The summed E-state index contributed by atoms with van der Waals surface area (Å²) in [4.78, 5) is 4.19. The van der Waals surface area contributed by atoms with Crippen LogP contribution in [-0.2, 0) is 5.41 Å². The molecule has 4 heteroatoms. The zero-order valence-corrected chi connectivity index (χ0v) is 17.6. The van der Waals surface area contributed by atoms with Gasteiger partial charge in [-0.1, -0.05) is 30.3 Å². The molecule has 0 aromatic heterocycles. The number of benzene rings is 2. The molecule has 28 heavy (non-hydrogen) atoms. The summed E-state index contributed by atoms with van der Waals surface area (Å²) in [7, 11) is 8.17. The van der Waals surface area contributed by atoms with Crippen molar-refractivity contribution in [2.75, 3.05) is 39.7 Å². The van der Waals surface area contributed by atoms with Crippen LogP contribution in [-0.4, -0.2) is 39.7 Å². The van der Waals surface area contributed by atoms with Gasteiger partial charge in [0.25, 0.3) is 0 Å². The highest BCUT2D eigenvalue weighted by molar-refractivity contribution is 5.55. The summed E-state index contributed by atoms with van der Waals surface area (Å²) in [6.07, 6.45) is 5.18. The van der Waals surface area contributed by atoms with Gasteiger partial charge >= 0.3 is 0 Å². The fraction of sp³-hybridized carbons (Fsp3) is 0.333. The second-order valence-electron chi connectivity index (χ2n) is 7.69. The molecule has 1 aliphatic carbocycles. The lowest BCUT2D eigenvalue weighted by molar-refractivity contribution is 0.340. The Balaban J connectivity index is 2.08. The first-order valence-corrected chi connectivity index (χ1v) is 9.74. The van der Waals surface area contributed by atoms with Gasteiger partial charge in [-0.05, 0) is 48.4 Å². The number of likely N-dealkylation sites (N-methyl/N-ethyl adjacent to an activating group) is 1. The summed E-state index contributed by atoms with van der Waals surface area (Å²) in [5.74, 6) is 0.890. The van der Waals surface area contributed by atoms with Crippen LogP contribution in [0.25, 0.3) is 0 Å². The molecule has 2 aromatic carbocycles. The Labute approximate surface area is 168 Å². The quantitative estimate of drug-likeness (QED) is 0.822. The summed E-state index contributed by atoms with van der Waals surface area (Å²) in [6.45, 7) is 2.66. The second kappa shape index (κ2) is 8.01. The molecular weight excluding hydrogens is 346 g/mol. The molecule has 0 heterocycles. The van der Waals surface area contributed by atoms with Crippen molar-refractivity contribution in [3.63, 3.8) is 0 Å². The topological polar surface area (TPSA) is 41.7 Å². The number of rotatable bonds is 6. The van der Waals surface area contributed by atoms with Gasteiger partial charge in [0.1, 0.15) is 5.75 Å². The fourth-order valence-electron chi connectivity index (χ4n) is 3.85. The highest BCUT2D eigenvalue weighted by atomic mass is 16.5. The van der Waals surface area contributed by atoms with Gasteiger partial charge in [0.05, 0.1) is 12.3 Å². The fourth-order valence-corrected chi connectivity index (χ4v) is 3.85. The Bertz CT molecular complexity index is 864. The van der Waals surface area contributed by atoms with Crippen molar-refractivity contribution in [3.05, 3.63) is 83.2 Å². The van der Waals surface area contributed by atoms with E-state index in [1.165, 1.54) is 16.8 Å². The average Bonchev–Trinajstić information content (AvgIpc) is 2.68. The third-order valence-electron chi connectivity index (χ3n) is 5.39. The molecule has 0 aliphatic heterocycles. The second-order valence-corrected chi connectivity index (χ2v) is 7.69. The number of allylic oxidation sites excluding steroid dienone is 3. The Morgan fingerprint density at radius 3 is 1.93 bits per heavy atom. The molecule has 0 amide bonds. The van der Waals surface area contributed by atoms with Crippen molar-refractivity contribution in [2.24, 2.45) is 5.73 Å². The summed E-state index contributed by atoms with van der Waals surface area (Å²) < 4.78 is 5.63. The average molecular weight is 378 g/mol. The van der Waals surface area contributed by atoms with Crippen molar-refractivity contribution in [1.29, 1.82) is 0 Å². The largest absolute Gasteiger partial charge is 0.494 e. The van der Waals surface area contributed by atoms with E-state index in [-0.39, 0.29) is 5.41 Å². The molecular formula is C24H31N3O. The van der Waals surface area contributed by atoms with Gasteiger partial charge in [0, 0.05) is 51.4 Å². The molecule has 3 rings (SSSR count). The van der Waals surface area contributed by atoms with E-state index >= 15 is 0 Å². The minimum Gasteiger partial charge on any atom is -0.494 e. The minimum absolute atomic E-state index is 0.292. The van der Waals surface area contributed by atoms with Crippen LogP contribution < -0.4 is 15.4 Å². The maximum Gasteiger partial charge on any atom is 0.119 e. The first kappa shape index (κ1) is 19.9. The van der Waals surface area contributed by atoms with Crippen LogP contribution in [0, 0.1) is 0 Å². The SMILES string of the molecule is CCOc1ccc(C2(c3ccc(N(C)C)cc3)C=CC(N(C)C)=C(N)C2)cc1. The maximum atomic E-state index is 6.54. The molecule has 1 unspecified atom stereocenters. The summed E-state index contributed by atoms with van der Waals surface area (Å²) in [5, 5.41) is 0. The van der Waals surface area contributed by atoms with Gasteiger partial charge in [0.15, 0.2) is 0 Å². The van der Waals surface area contributed by atoms with Crippen molar-refractivity contribution in [3.8, 4) is 5.75 Å². The monoisotopic (exact) mass is 377 g/mol. The molecule has 0 spiro atoms. The number of hydrogen-bond acceptors (Lipinski definition) is 4. The van der Waals surface area contributed by atoms with Crippen LogP contribution >= 0.6 is 0 Å². The molecule has 0 radical (unpaired) electrons. The summed E-state index contributed by atoms with van der Waals surface area (Å²) in [6, 6.07) is 17.2. The lowest BCUT2D eigenvalue weighted by atomic mass is 9.69. The van der Waals surface area contributed by atoms with Gasteiger partial charge in [-0.15, -0.1) is 0 Å². The zero-order chi connectivity index (χ0) is 20.3. The predicted molar refractivity (Wildman–Crippen MR) is 118 cm³/mol. The number of ether oxygens (including phenoxy) is 1. The van der Waals surface area contributed by atoms with E-state index in [1.807, 2.05) is 33.2 Å². The van der Waals surface area contributed by atoms with Crippen molar-refractivity contribution < 1.29 is 4.74 Å². The molecule has 4 nitrogen and oxygen atoms in total. The van der Waals surface area contributed by atoms with E-state index in [2.05, 4.69) is 72.4 Å². The number of nitrogens with two attached hydrogens (primary N) is 1. The Morgan fingerprint density at radius 2 is 1.46 bits per heavy atom. The highest BCUT2D eigenvalue weighted by Gasteiger charge is 2.35. The lowest BCUT2D eigenvalue weighted by Gasteiger charge is -2.37. The molecule has 0 fully saturated rings. The Morgan fingerprint density at radius 1 is 0.893 bits per heavy atom. The van der Waals surface area contributed by atoms with Crippen molar-refractivity contribution in [2.45, 2.75) is 18.8 Å². The van der Waals surface area contributed by atoms with E-state index < -0.39 is 0 Å². The highest BCUT2D eigenvalue weighted by Crippen LogP contribution is 2.43. The molecule has 2 aromatic rings. The smallest absolute Gasteiger partial charge is 0.119 e. The zero-order valence-electron chi connectivity index (χ0n) is 17.6. The molecule has 1 atom stereocenters. The van der Waals surface area contributed by atoms with Gasteiger partial charge in [-0.25, -0.2) is 0 Å². The van der Waals surface area contributed by atoms with Crippen molar-refractivity contribution >= 4 is 5.69 Å². The van der Waals surface area contributed by atoms with Crippen LogP contribution in [0.3, 0.4) is 0 Å². The van der Waals surface area contributed by atoms with Gasteiger partial charge in [-0.2, -0.15) is 0 Å². The molecule has 1 aliphatic rings. The predicted octanol–water partition coefficient (Wildman–Crippen LogP) is 4.13. The van der Waals surface area contributed by atoms with E-state index in [9.17, 15) is 0 Å². The number of anilines is 1. The third-order valence-corrected chi connectivity index (χ3v) is 5.39. The third kappa shape index (κ3) is 3.72. The van der Waals surface area contributed by atoms with E-state index in [0.29, 0.717) is 6.61 Å². The summed E-state index contributed by atoms with van der Waals surface area (Å²) in [5.41, 5.74) is 11.9. The summed E-state index contributed by atoms with van der Waals surface area (Å²) >= 11 is 0. The van der Waals surface area contributed by atoms with Crippen LogP contribution in [0.1, 0.15) is 24.5 Å². The van der Waals surface area contributed by atoms with Crippen LogP contribution in [0.4, 0.5) is 5.69 Å². The van der Waals surface area contributed by atoms with Gasteiger partial charge < -0.3 is 20.3 Å². The Kier molecular flexibility index (Phi) is 5.68. The Hall–Kier alpha value is -2.88. The van der Waals surface area contributed by atoms with Gasteiger partial charge in [-0.3, -0.25) is 0 Å².